The molecule has 13 heteroatoms. The number of aryl methyl sites for hydroxylation is 2. The molecular formula is C34H42FN9O3. The van der Waals surface area contributed by atoms with Gasteiger partial charge in [-0.05, 0) is 62.1 Å². The lowest BCUT2D eigenvalue weighted by Crippen LogP contribution is -2.49. The van der Waals surface area contributed by atoms with Crippen LogP contribution in [0.25, 0.3) is 22.0 Å². The molecule has 248 valence electrons. The Labute approximate surface area is 273 Å². The maximum Gasteiger partial charge on any atom is 0.329 e. The van der Waals surface area contributed by atoms with E-state index in [9.17, 15) is 9.59 Å². The first kappa shape index (κ1) is 30.8. The van der Waals surface area contributed by atoms with Crippen molar-refractivity contribution in [3.8, 4) is 16.9 Å². The van der Waals surface area contributed by atoms with E-state index in [1.165, 1.54) is 17.4 Å². The van der Waals surface area contributed by atoms with E-state index in [4.69, 9.17) is 10.5 Å². The molecule has 3 saturated heterocycles. The highest BCUT2D eigenvalue weighted by atomic mass is 19.1. The normalized spacial score (nSPS) is 18.3. The number of nitrogen functional groups attached to an aromatic ring is 1. The number of nitrogens with zero attached hydrogens (tertiary/aromatic N) is 7. The third-order valence-corrected chi connectivity index (χ3v) is 10.2. The number of aromatic nitrogens is 4. The van der Waals surface area contributed by atoms with E-state index < -0.39 is 6.03 Å². The van der Waals surface area contributed by atoms with Crippen LogP contribution >= 0.6 is 0 Å². The maximum absolute atomic E-state index is 15.6. The van der Waals surface area contributed by atoms with Crippen LogP contribution in [0.4, 0.5) is 32.1 Å². The van der Waals surface area contributed by atoms with Crippen LogP contribution in [0, 0.1) is 17.7 Å². The molecule has 3 fully saturated rings. The fourth-order valence-corrected chi connectivity index (χ4v) is 7.56. The van der Waals surface area contributed by atoms with E-state index in [2.05, 4.69) is 31.4 Å². The number of fused-ring (bicyclic) bond motifs is 1. The van der Waals surface area contributed by atoms with Gasteiger partial charge in [-0.1, -0.05) is 0 Å². The summed E-state index contributed by atoms with van der Waals surface area (Å²) in [5.74, 6) is 1.68. The highest BCUT2D eigenvalue weighted by Crippen LogP contribution is 2.41. The largest absolute Gasteiger partial charge is 0.495 e. The standard InChI is InChI=1S/C34H42FN9O3/c1-40-20-23(19-37-40)24-16-27(36)31(47-3)18-29(24)42-9-4-21(5-10-42)14-22-6-11-43(12-7-22)30-17-28-25(15-26(30)35)33(39-41(28)2)44-13-8-32(45)38-34(44)46/h15-22H,4-14,36H2,1-3H3,(H,38,45,46). The van der Waals surface area contributed by atoms with Gasteiger partial charge in [-0.15, -0.1) is 0 Å². The number of amides is 3. The molecule has 0 spiro atoms. The summed E-state index contributed by atoms with van der Waals surface area (Å²) in [5.41, 5.74) is 11.5. The zero-order valence-electron chi connectivity index (χ0n) is 27.2. The summed E-state index contributed by atoms with van der Waals surface area (Å²) >= 11 is 0. The fraction of sp³-hybridized carbons (Fsp3) is 0.471. The van der Waals surface area contributed by atoms with Gasteiger partial charge in [-0.2, -0.15) is 10.2 Å². The number of rotatable bonds is 7. The number of piperidine rings is 2. The van der Waals surface area contributed by atoms with Gasteiger partial charge in [-0.25, -0.2) is 9.18 Å². The predicted molar refractivity (Wildman–Crippen MR) is 180 cm³/mol. The molecule has 3 aliphatic heterocycles. The molecule has 0 atom stereocenters. The smallest absolute Gasteiger partial charge is 0.329 e. The first-order valence-electron chi connectivity index (χ1n) is 16.4. The zero-order chi connectivity index (χ0) is 32.8. The molecule has 47 heavy (non-hydrogen) atoms. The Balaban J connectivity index is 0.976. The van der Waals surface area contributed by atoms with Crippen molar-refractivity contribution in [1.29, 1.82) is 0 Å². The van der Waals surface area contributed by atoms with E-state index in [1.54, 1.807) is 23.5 Å². The molecular weight excluding hydrogens is 601 g/mol. The van der Waals surface area contributed by atoms with Gasteiger partial charge in [0.2, 0.25) is 5.91 Å². The number of hydrogen-bond donors (Lipinski definition) is 2. The van der Waals surface area contributed by atoms with Crippen molar-refractivity contribution < 1.29 is 18.7 Å². The Hall–Kier alpha value is -4.81. The number of carbonyl (C=O) groups excluding carboxylic acids is 2. The van der Waals surface area contributed by atoms with E-state index in [0.717, 1.165) is 74.2 Å². The summed E-state index contributed by atoms with van der Waals surface area (Å²) in [5, 5.41) is 11.8. The number of anilines is 4. The Morgan fingerprint density at radius 3 is 2.26 bits per heavy atom. The number of benzene rings is 2. The summed E-state index contributed by atoms with van der Waals surface area (Å²) in [4.78, 5) is 30.1. The molecule has 3 amide bonds. The van der Waals surface area contributed by atoms with Crippen LogP contribution < -0.4 is 30.5 Å². The average molecular weight is 644 g/mol. The van der Waals surface area contributed by atoms with E-state index in [1.807, 2.05) is 31.6 Å². The summed E-state index contributed by atoms with van der Waals surface area (Å²) in [7, 11) is 5.36. The van der Waals surface area contributed by atoms with Crippen LogP contribution in [0.5, 0.6) is 5.75 Å². The second kappa shape index (κ2) is 12.4. The highest BCUT2D eigenvalue weighted by Gasteiger charge is 2.31. The van der Waals surface area contributed by atoms with Crippen molar-refractivity contribution in [2.75, 3.05) is 60.3 Å². The van der Waals surface area contributed by atoms with Gasteiger partial charge in [0.25, 0.3) is 0 Å². The SMILES string of the molecule is COc1cc(N2CCC(CC3CCN(c4cc5c(cc4F)c(N4CCC(=O)NC4=O)nn5C)CC3)CC2)c(-c2cnn(C)c2)cc1N. The number of carbonyl (C=O) groups is 2. The maximum atomic E-state index is 15.6. The molecule has 0 radical (unpaired) electrons. The molecule has 2 aromatic carbocycles. The number of urea groups is 1. The number of ether oxygens (including phenoxy) is 1. The minimum atomic E-state index is -0.529. The van der Waals surface area contributed by atoms with Crippen molar-refractivity contribution in [3.05, 3.63) is 42.5 Å². The first-order valence-corrected chi connectivity index (χ1v) is 16.4. The number of halogens is 1. The van der Waals surface area contributed by atoms with Crippen molar-refractivity contribution in [1.82, 2.24) is 24.9 Å². The summed E-state index contributed by atoms with van der Waals surface area (Å²) in [6.07, 6.45) is 9.56. The molecule has 0 saturated carbocycles. The molecule has 0 aliphatic carbocycles. The van der Waals surface area contributed by atoms with Crippen LogP contribution in [0.2, 0.25) is 0 Å². The van der Waals surface area contributed by atoms with Crippen LogP contribution in [0.1, 0.15) is 38.5 Å². The number of hydrogen-bond acceptors (Lipinski definition) is 8. The van der Waals surface area contributed by atoms with Crippen molar-refractivity contribution in [2.24, 2.45) is 25.9 Å². The van der Waals surface area contributed by atoms with Gasteiger partial charge in [0.15, 0.2) is 5.82 Å². The summed E-state index contributed by atoms with van der Waals surface area (Å²) in [6.45, 7) is 3.75. The monoisotopic (exact) mass is 643 g/mol. The summed E-state index contributed by atoms with van der Waals surface area (Å²) < 4.78 is 24.7. The first-order chi connectivity index (χ1) is 22.7. The van der Waals surface area contributed by atoms with Gasteiger partial charge in [-0.3, -0.25) is 24.4 Å². The van der Waals surface area contributed by atoms with Crippen LogP contribution in [0.3, 0.4) is 0 Å². The van der Waals surface area contributed by atoms with Gasteiger partial charge >= 0.3 is 6.03 Å². The molecule has 7 rings (SSSR count). The number of imide groups is 1. The van der Waals surface area contributed by atoms with Crippen molar-refractivity contribution in [3.63, 3.8) is 0 Å². The van der Waals surface area contributed by atoms with E-state index in [-0.39, 0.29) is 24.7 Å². The number of methoxy groups -OCH3 is 1. The van der Waals surface area contributed by atoms with Gasteiger partial charge in [0.05, 0.1) is 30.2 Å². The second-order valence-electron chi connectivity index (χ2n) is 13.1. The van der Waals surface area contributed by atoms with Crippen LogP contribution in [-0.2, 0) is 18.9 Å². The van der Waals surface area contributed by atoms with Crippen LogP contribution in [0.15, 0.2) is 36.7 Å². The zero-order valence-corrected chi connectivity index (χ0v) is 27.2. The van der Waals surface area contributed by atoms with Crippen molar-refractivity contribution in [2.45, 2.75) is 38.5 Å². The third-order valence-electron chi connectivity index (χ3n) is 10.2. The Morgan fingerprint density at radius 2 is 1.64 bits per heavy atom. The average Bonchev–Trinajstić information content (AvgIpc) is 3.63. The minimum Gasteiger partial charge on any atom is -0.495 e. The Kier molecular flexibility index (Phi) is 8.15. The molecule has 5 heterocycles. The van der Waals surface area contributed by atoms with Gasteiger partial charge < -0.3 is 20.3 Å². The lowest BCUT2D eigenvalue weighted by Gasteiger charge is -2.38. The Bertz CT molecular complexity index is 1820. The van der Waals surface area contributed by atoms with Crippen molar-refractivity contribution >= 4 is 45.7 Å². The number of nitrogens with one attached hydrogen (secondary N) is 1. The molecule has 3 aliphatic rings. The highest BCUT2D eigenvalue weighted by molar-refractivity contribution is 6.09. The number of nitrogens with two attached hydrogens (primary N) is 1. The lowest BCUT2D eigenvalue weighted by atomic mass is 9.82. The molecule has 3 N–H and O–H groups in total. The summed E-state index contributed by atoms with van der Waals surface area (Å²) in [6, 6.07) is 6.85. The quantitative estimate of drug-likeness (QED) is 0.278. The predicted octanol–water partition coefficient (Wildman–Crippen LogP) is 4.67. The molecule has 4 aromatic rings. The molecule has 12 nitrogen and oxygen atoms in total. The fourth-order valence-electron chi connectivity index (χ4n) is 7.56. The molecule has 0 bridgehead atoms. The Morgan fingerprint density at radius 1 is 0.957 bits per heavy atom. The molecule has 2 aromatic heterocycles. The van der Waals surface area contributed by atoms with Gasteiger partial charge in [0, 0.05) is 87.7 Å². The van der Waals surface area contributed by atoms with E-state index >= 15 is 4.39 Å². The second-order valence-corrected chi connectivity index (χ2v) is 13.1. The molecule has 0 unspecified atom stereocenters. The van der Waals surface area contributed by atoms with E-state index in [0.29, 0.717) is 40.2 Å². The van der Waals surface area contributed by atoms with Gasteiger partial charge in [0.1, 0.15) is 11.6 Å². The minimum absolute atomic E-state index is 0.184. The third kappa shape index (κ3) is 5.94. The topological polar surface area (TPSA) is 127 Å². The lowest BCUT2D eigenvalue weighted by molar-refractivity contribution is -0.120. The van der Waals surface area contributed by atoms with Crippen LogP contribution in [-0.4, -0.2) is 71.3 Å².